The Hall–Kier alpha value is -2.83. The van der Waals surface area contributed by atoms with Crippen LogP contribution in [0.2, 0.25) is 0 Å². The second-order valence-corrected chi connectivity index (χ2v) is 4.02. The van der Waals surface area contributed by atoms with Gasteiger partial charge in [-0.25, -0.2) is 9.59 Å². The Morgan fingerprint density at radius 3 is 2.40 bits per heavy atom. The van der Waals surface area contributed by atoms with Gasteiger partial charge in [-0.15, -0.1) is 0 Å². The number of aromatic carboxylic acids is 1. The zero-order valence-corrected chi connectivity index (χ0v) is 10.5. The standard InChI is InChI=1S/C13H13N3O4/c17-12(18)10-3-1-9(2-4-10)7-14-13(19)15-8-11-5-6-16-20-11/h1-6H,7-8H2,(H,17,18)(H2,14,15,19). The highest BCUT2D eigenvalue weighted by Crippen LogP contribution is 2.04. The number of urea groups is 1. The molecule has 0 saturated heterocycles. The highest BCUT2D eigenvalue weighted by molar-refractivity contribution is 5.87. The monoisotopic (exact) mass is 275 g/mol. The van der Waals surface area contributed by atoms with Gasteiger partial charge in [0.1, 0.15) is 0 Å². The molecule has 0 radical (unpaired) electrons. The molecule has 1 aromatic carbocycles. The lowest BCUT2D eigenvalue weighted by Crippen LogP contribution is -2.34. The lowest BCUT2D eigenvalue weighted by atomic mass is 10.1. The zero-order valence-electron chi connectivity index (χ0n) is 10.5. The number of hydrogen-bond donors (Lipinski definition) is 3. The van der Waals surface area contributed by atoms with Crippen LogP contribution in [0.1, 0.15) is 21.7 Å². The number of amides is 2. The molecule has 0 atom stereocenters. The summed E-state index contributed by atoms with van der Waals surface area (Å²) in [6, 6.07) is 7.60. The second kappa shape index (κ2) is 6.37. The van der Waals surface area contributed by atoms with Crippen LogP contribution in [0.15, 0.2) is 41.1 Å². The first-order chi connectivity index (χ1) is 9.65. The van der Waals surface area contributed by atoms with Crippen molar-refractivity contribution < 1.29 is 19.2 Å². The van der Waals surface area contributed by atoms with Gasteiger partial charge in [0.25, 0.3) is 0 Å². The summed E-state index contributed by atoms with van der Waals surface area (Å²) in [7, 11) is 0. The Kier molecular flexibility index (Phi) is 4.33. The van der Waals surface area contributed by atoms with Crippen LogP contribution in [0.3, 0.4) is 0 Å². The van der Waals surface area contributed by atoms with Crippen molar-refractivity contribution in [2.24, 2.45) is 0 Å². The molecule has 0 aliphatic rings. The molecule has 2 amide bonds. The Morgan fingerprint density at radius 2 is 1.80 bits per heavy atom. The van der Waals surface area contributed by atoms with Crippen LogP contribution in [0.4, 0.5) is 4.79 Å². The molecule has 0 fully saturated rings. The van der Waals surface area contributed by atoms with E-state index in [1.54, 1.807) is 18.2 Å². The van der Waals surface area contributed by atoms with Crippen molar-refractivity contribution in [2.75, 3.05) is 0 Å². The average molecular weight is 275 g/mol. The third kappa shape index (κ3) is 3.84. The maximum Gasteiger partial charge on any atom is 0.335 e. The summed E-state index contributed by atoms with van der Waals surface area (Å²) in [5.41, 5.74) is 1.02. The summed E-state index contributed by atoms with van der Waals surface area (Å²) in [6.07, 6.45) is 1.50. The van der Waals surface area contributed by atoms with Crippen molar-refractivity contribution in [1.82, 2.24) is 15.8 Å². The zero-order chi connectivity index (χ0) is 14.4. The molecule has 2 aromatic rings. The van der Waals surface area contributed by atoms with Crippen LogP contribution < -0.4 is 10.6 Å². The molecule has 0 bridgehead atoms. The van der Waals surface area contributed by atoms with Gasteiger partial charge in [-0.1, -0.05) is 17.3 Å². The minimum atomic E-state index is -0.977. The quantitative estimate of drug-likeness (QED) is 0.764. The highest BCUT2D eigenvalue weighted by Gasteiger charge is 2.04. The summed E-state index contributed by atoms with van der Waals surface area (Å²) >= 11 is 0. The molecule has 3 N–H and O–H groups in total. The molecule has 1 aromatic heterocycles. The van der Waals surface area contributed by atoms with Gasteiger partial charge >= 0.3 is 12.0 Å². The number of carboxylic acid groups (broad SMARTS) is 1. The van der Waals surface area contributed by atoms with E-state index in [0.717, 1.165) is 5.56 Å². The summed E-state index contributed by atoms with van der Waals surface area (Å²) in [5, 5.41) is 17.5. The van der Waals surface area contributed by atoms with E-state index in [9.17, 15) is 9.59 Å². The SMILES string of the molecule is O=C(NCc1ccc(C(=O)O)cc1)NCc1ccno1. The number of carbonyl (C=O) groups excluding carboxylic acids is 1. The molecule has 20 heavy (non-hydrogen) atoms. The number of carbonyl (C=O) groups is 2. The van der Waals surface area contributed by atoms with Gasteiger partial charge in [0.15, 0.2) is 5.76 Å². The summed E-state index contributed by atoms with van der Waals surface area (Å²) < 4.78 is 4.83. The normalized spacial score (nSPS) is 10.0. The highest BCUT2D eigenvalue weighted by atomic mass is 16.5. The molecular weight excluding hydrogens is 262 g/mol. The first-order valence-corrected chi connectivity index (χ1v) is 5.88. The number of benzene rings is 1. The second-order valence-electron chi connectivity index (χ2n) is 4.02. The fourth-order valence-corrected chi connectivity index (χ4v) is 1.51. The fourth-order valence-electron chi connectivity index (χ4n) is 1.51. The molecule has 0 saturated carbocycles. The summed E-state index contributed by atoms with van der Waals surface area (Å²) in [6.45, 7) is 0.561. The number of rotatable bonds is 5. The van der Waals surface area contributed by atoms with Crippen molar-refractivity contribution >= 4 is 12.0 Å². The maximum atomic E-state index is 11.5. The minimum Gasteiger partial charge on any atom is -0.478 e. The van der Waals surface area contributed by atoms with E-state index in [1.807, 2.05) is 0 Å². The van der Waals surface area contributed by atoms with Crippen molar-refractivity contribution in [1.29, 1.82) is 0 Å². The molecule has 0 aliphatic carbocycles. The van der Waals surface area contributed by atoms with Gasteiger partial charge in [-0.05, 0) is 17.7 Å². The van der Waals surface area contributed by atoms with E-state index in [-0.39, 0.29) is 18.1 Å². The molecule has 2 rings (SSSR count). The van der Waals surface area contributed by atoms with E-state index in [4.69, 9.17) is 9.63 Å². The predicted molar refractivity (Wildman–Crippen MR) is 69.0 cm³/mol. The van der Waals surface area contributed by atoms with Crippen LogP contribution in [0.5, 0.6) is 0 Å². The van der Waals surface area contributed by atoms with Crippen molar-refractivity contribution in [3.05, 3.63) is 53.4 Å². The Balaban J connectivity index is 1.76. The van der Waals surface area contributed by atoms with E-state index in [1.165, 1.54) is 18.3 Å². The van der Waals surface area contributed by atoms with E-state index < -0.39 is 5.97 Å². The van der Waals surface area contributed by atoms with Gasteiger partial charge in [-0.2, -0.15) is 0 Å². The first-order valence-electron chi connectivity index (χ1n) is 5.88. The third-order valence-electron chi connectivity index (χ3n) is 2.57. The van der Waals surface area contributed by atoms with Gasteiger partial charge < -0.3 is 20.3 Å². The van der Waals surface area contributed by atoms with Gasteiger partial charge in [0.2, 0.25) is 0 Å². The van der Waals surface area contributed by atoms with Crippen LogP contribution in [0.25, 0.3) is 0 Å². The maximum absolute atomic E-state index is 11.5. The van der Waals surface area contributed by atoms with Crippen molar-refractivity contribution in [3.8, 4) is 0 Å². The molecule has 7 heteroatoms. The molecule has 0 unspecified atom stereocenters. The van der Waals surface area contributed by atoms with Crippen LogP contribution in [-0.4, -0.2) is 22.3 Å². The topological polar surface area (TPSA) is 104 Å². The average Bonchev–Trinajstić information content (AvgIpc) is 2.96. The first kappa shape index (κ1) is 13.6. The largest absolute Gasteiger partial charge is 0.478 e. The molecule has 1 heterocycles. The van der Waals surface area contributed by atoms with Crippen LogP contribution in [0, 0.1) is 0 Å². The van der Waals surface area contributed by atoms with Gasteiger partial charge in [-0.3, -0.25) is 0 Å². The number of hydrogen-bond acceptors (Lipinski definition) is 4. The molecular formula is C13H13N3O4. The summed E-state index contributed by atoms with van der Waals surface area (Å²) in [4.78, 5) is 22.2. The lowest BCUT2D eigenvalue weighted by Gasteiger charge is -2.06. The lowest BCUT2D eigenvalue weighted by molar-refractivity contribution is 0.0697. The Labute approximate surface area is 114 Å². The Morgan fingerprint density at radius 1 is 1.10 bits per heavy atom. The third-order valence-corrected chi connectivity index (χ3v) is 2.57. The molecule has 104 valence electrons. The van der Waals surface area contributed by atoms with E-state index in [2.05, 4.69) is 15.8 Å². The van der Waals surface area contributed by atoms with Crippen molar-refractivity contribution in [2.45, 2.75) is 13.1 Å². The minimum absolute atomic E-state index is 0.212. The van der Waals surface area contributed by atoms with Gasteiger partial charge in [0.05, 0.1) is 18.3 Å². The smallest absolute Gasteiger partial charge is 0.335 e. The Bertz CT molecular complexity index is 578. The molecule has 0 aliphatic heterocycles. The molecule has 0 spiro atoms. The van der Waals surface area contributed by atoms with Gasteiger partial charge in [0, 0.05) is 12.6 Å². The number of nitrogens with zero attached hydrogens (tertiary/aromatic N) is 1. The van der Waals surface area contributed by atoms with E-state index in [0.29, 0.717) is 12.3 Å². The fraction of sp³-hybridized carbons (Fsp3) is 0.154. The molecule has 7 nitrogen and oxygen atoms in total. The summed E-state index contributed by atoms with van der Waals surface area (Å²) in [5.74, 6) is -0.416. The van der Waals surface area contributed by atoms with Crippen LogP contribution >= 0.6 is 0 Å². The van der Waals surface area contributed by atoms with Crippen LogP contribution in [-0.2, 0) is 13.1 Å². The number of aromatic nitrogens is 1. The number of carboxylic acids is 1. The number of nitrogens with one attached hydrogen (secondary N) is 2. The van der Waals surface area contributed by atoms with E-state index >= 15 is 0 Å². The predicted octanol–water partition coefficient (Wildman–Crippen LogP) is 1.37. The van der Waals surface area contributed by atoms with Crippen molar-refractivity contribution in [3.63, 3.8) is 0 Å².